The van der Waals surface area contributed by atoms with Crippen molar-refractivity contribution in [1.82, 2.24) is 0 Å². The van der Waals surface area contributed by atoms with E-state index in [0.717, 1.165) is 12.1 Å². The third-order valence-corrected chi connectivity index (χ3v) is 3.20. The summed E-state index contributed by atoms with van der Waals surface area (Å²) in [5.74, 6) is -3.15. The van der Waals surface area contributed by atoms with E-state index >= 15 is 0 Å². The molecule has 1 heterocycles. The van der Waals surface area contributed by atoms with Crippen molar-refractivity contribution in [3.63, 3.8) is 0 Å². The first-order chi connectivity index (χ1) is 7.61. The molecule has 2 N–H and O–H groups in total. The van der Waals surface area contributed by atoms with E-state index in [1.165, 1.54) is 11.3 Å². The van der Waals surface area contributed by atoms with E-state index in [-0.39, 0.29) is 0 Å². The summed E-state index contributed by atoms with van der Waals surface area (Å²) in [5.41, 5.74) is 5.27. The summed E-state index contributed by atoms with van der Waals surface area (Å²) in [6.45, 7) is 0. The molecule has 0 aliphatic carbocycles. The molecule has 1 atom stereocenters. The van der Waals surface area contributed by atoms with Gasteiger partial charge in [-0.05, 0) is 23.6 Å². The Balaban J connectivity index is 2.52. The predicted molar refractivity (Wildman–Crippen MR) is 56.7 cm³/mol. The lowest BCUT2D eigenvalue weighted by atomic mass is 10.0. The second kappa shape index (κ2) is 4.27. The summed E-state index contributed by atoms with van der Waals surface area (Å²) in [6.07, 6.45) is 0. The Bertz CT molecular complexity index is 496. The Kier molecular flexibility index (Phi) is 2.98. The number of benzene rings is 1. The van der Waals surface area contributed by atoms with E-state index in [1.807, 2.05) is 0 Å². The summed E-state index contributed by atoms with van der Waals surface area (Å²) in [6, 6.07) is 4.01. The second-order valence-electron chi connectivity index (χ2n) is 3.25. The van der Waals surface area contributed by atoms with E-state index in [9.17, 15) is 13.2 Å². The molecule has 0 bridgehead atoms. The predicted octanol–water partition coefficient (Wildman–Crippen LogP) is 3.21. The van der Waals surface area contributed by atoms with Crippen LogP contribution in [0.25, 0.3) is 0 Å². The van der Waals surface area contributed by atoms with E-state index in [2.05, 4.69) is 0 Å². The lowest BCUT2D eigenvalue weighted by molar-refractivity contribution is 0.474. The number of hydrogen-bond acceptors (Lipinski definition) is 2. The molecule has 16 heavy (non-hydrogen) atoms. The number of rotatable bonds is 2. The average molecular weight is 243 g/mol. The summed E-state index contributed by atoms with van der Waals surface area (Å²) in [4.78, 5) is 0.586. The minimum Gasteiger partial charge on any atom is -0.319 e. The fourth-order valence-electron chi connectivity index (χ4n) is 1.44. The largest absolute Gasteiger partial charge is 0.319 e. The minimum absolute atomic E-state index is 0.428. The van der Waals surface area contributed by atoms with Gasteiger partial charge in [-0.3, -0.25) is 0 Å². The van der Waals surface area contributed by atoms with Gasteiger partial charge in [-0.15, -0.1) is 11.3 Å². The summed E-state index contributed by atoms with van der Waals surface area (Å²) >= 11 is 1.27. The Labute approximate surface area is 94.3 Å². The van der Waals surface area contributed by atoms with E-state index in [4.69, 9.17) is 5.73 Å². The maximum atomic E-state index is 13.4. The molecular formula is C11H8F3NS. The van der Waals surface area contributed by atoms with Crippen molar-refractivity contribution in [1.29, 1.82) is 0 Å². The summed E-state index contributed by atoms with van der Waals surface area (Å²) in [7, 11) is 0. The van der Waals surface area contributed by atoms with Crippen LogP contribution >= 0.6 is 11.3 Å². The molecule has 0 amide bonds. The van der Waals surface area contributed by atoms with Gasteiger partial charge in [0.2, 0.25) is 0 Å². The van der Waals surface area contributed by atoms with Crippen LogP contribution in [0, 0.1) is 17.5 Å². The van der Waals surface area contributed by atoms with Crippen LogP contribution in [0.5, 0.6) is 0 Å². The molecule has 0 aliphatic rings. The monoisotopic (exact) mass is 243 g/mol. The highest BCUT2D eigenvalue weighted by molar-refractivity contribution is 7.10. The minimum atomic E-state index is -1.22. The second-order valence-corrected chi connectivity index (χ2v) is 4.23. The number of hydrogen-bond donors (Lipinski definition) is 1. The van der Waals surface area contributed by atoms with Crippen molar-refractivity contribution >= 4 is 11.3 Å². The van der Waals surface area contributed by atoms with Crippen LogP contribution < -0.4 is 5.73 Å². The van der Waals surface area contributed by atoms with Crippen molar-refractivity contribution < 1.29 is 13.2 Å². The fraction of sp³-hybridized carbons (Fsp3) is 0.0909. The highest BCUT2D eigenvalue weighted by Crippen LogP contribution is 2.28. The molecule has 0 radical (unpaired) electrons. The molecule has 0 aliphatic heterocycles. The van der Waals surface area contributed by atoms with E-state index in [0.29, 0.717) is 4.88 Å². The Morgan fingerprint density at radius 2 is 1.75 bits per heavy atom. The van der Waals surface area contributed by atoms with Crippen LogP contribution in [0.15, 0.2) is 29.6 Å². The molecule has 84 valence electrons. The van der Waals surface area contributed by atoms with Gasteiger partial charge in [0.05, 0.1) is 6.04 Å². The highest BCUT2D eigenvalue weighted by Gasteiger charge is 2.21. The highest BCUT2D eigenvalue weighted by atomic mass is 32.1. The molecule has 0 unspecified atom stereocenters. The van der Waals surface area contributed by atoms with Crippen molar-refractivity contribution in [2.75, 3.05) is 0 Å². The van der Waals surface area contributed by atoms with Gasteiger partial charge in [0.25, 0.3) is 0 Å². The van der Waals surface area contributed by atoms with Crippen molar-refractivity contribution in [3.05, 3.63) is 57.5 Å². The molecule has 2 aromatic rings. The fourth-order valence-corrected chi connectivity index (χ4v) is 2.17. The van der Waals surface area contributed by atoms with Gasteiger partial charge in [0, 0.05) is 10.4 Å². The van der Waals surface area contributed by atoms with Crippen LogP contribution in [0.2, 0.25) is 0 Å². The Hall–Kier alpha value is -1.33. The van der Waals surface area contributed by atoms with Crippen LogP contribution in [0.3, 0.4) is 0 Å². The normalized spacial score (nSPS) is 12.8. The third kappa shape index (κ3) is 1.83. The standard InChI is InChI=1S/C11H8F3NS/c12-6-3-4-7(13)10(14)9(6)11(15)8-2-1-5-16-8/h1-5,11H,15H2/t11-/m0/s1. The van der Waals surface area contributed by atoms with Gasteiger partial charge >= 0.3 is 0 Å². The first-order valence-electron chi connectivity index (χ1n) is 4.53. The van der Waals surface area contributed by atoms with Crippen LogP contribution in [0.4, 0.5) is 13.2 Å². The first-order valence-corrected chi connectivity index (χ1v) is 5.41. The summed E-state index contributed by atoms with van der Waals surface area (Å²) in [5, 5.41) is 1.74. The molecule has 0 saturated carbocycles. The van der Waals surface area contributed by atoms with Crippen LogP contribution in [-0.4, -0.2) is 0 Å². The van der Waals surface area contributed by atoms with Gasteiger partial charge in [-0.25, -0.2) is 13.2 Å². The Morgan fingerprint density at radius 3 is 2.38 bits per heavy atom. The topological polar surface area (TPSA) is 26.0 Å². The van der Waals surface area contributed by atoms with Gasteiger partial charge in [0.1, 0.15) is 5.82 Å². The van der Waals surface area contributed by atoms with E-state index < -0.39 is 29.1 Å². The molecule has 1 aromatic heterocycles. The van der Waals surface area contributed by atoms with Crippen molar-refractivity contribution in [3.8, 4) is 0 Å². The van der Waals surface area contributed by atoms with Crippen molar-refractivity contribution in [2.45, 2.75) is 6.04 Å². The molecule has 5 heteroatoms. The molecule has 0 fully saturated rings. The zero-order valence-corrected chi connectivity index (χ0v) is 8.90. The maximum Gasteiger partial charge on any atom is 0.166 e. The Morgan fingerprint density at radius 1 is 1.06 bits per heavy atom. The van der Waals surface area contributed by atoms with Gasteiger partial charge < -0.3 is 5.73 Å². The average Bonchev–Trinajstić information content (AvgIpc) is 2.77. The molecule has 0 spiro atoms. The molecule has 2 rings (SSSR count). The maximum absolute atomic E-state index is 13.4. The van der Waals surface area contributed by atoms with Gasteiger partial charge in [-0.1, -0.05) is 6.07 Å². The van der Waals surface area contributed by atoms with Crippen LogP contribution in [-0.2, 0) is 0 Å². The number of halogens is 3. The number of nitrogens with two attached hydrogens (primary N) is 1. The van der Waals surface area contributed by atoms with Crippen molar-refractivity contribution in [2.24, 2.45) is 5.73 Å². The lowest BCUT2D eigenvalue weighted by Crippen LogP contribution is -2.15. The first kappa shape index (κ1) is 11.2. The van der Waals surface area contributed by atoms with Gasteiger partial charge in [0.15, 0.2) is 11.6 Å². The third-order valence-electron chi connectivity index (χ3n) is 2.24. The molecule has 1 aromatic carbocycles. The quantitative estimate of drug-likeness (QED) is 0.805. The molecular weight excluding hydrogens is 235 g/mol. The zero-order chi connectivity index (χ0) is 11.7. The van der Waals surface area contributed by atoms with Gasteiger partial charge in [-0.2, -0.15) is 0 Å². The number of thiophene rings is 1. The zero-order valence-electron chi connectivity index (χ0n) is 8.08. The SMILES string of the molecule is N[C@@H](c1cccs1)c1c(F)ccc(F)c1F. The molecule has 1 nitrogen and oxygen atoms in total. The summed E-state index contributed by atoms with van der Waals surface area (Å²) < 4.78 is 39.8. The van der Waals surface area contributed by atoms with E-state index in [1.54, 1.807) is 17.5 Å². The smallest absolute Gasteiger partial charge is 0.166 e. The molecule has 0 saturated heterocycles. The lowest BCUT2D eigenvalue weighted by Gasteiger charge is -2.12. The van der Waals surface area contributed by atoms with Crippen LogP contribution in [0.1, 0.15) is 16.5 Å².